The summed E-state index contributed by atoms with van der Waals surface area (Å²) in [5, 5.41) is 3.75. The van der Waals surface area contributed by atoms with Crippen LogP contribution in [0.15, 0.2) is 18.3 Å². The van der Waals surface area contributed by atoms with Gasteiger partial charge < -0.3 is 5.32 Å². The lowest BCUT2D eigenvalue weighted by Gasteiger charge is -2.37. The number of rotatable bonds is 7. The molecule has 0 amide bonds. The highest BCUT2D eigenvalue weighted by Gasteiger charge is 2.39. The number of aryl methyl sites for hydroxylation is 1. The van der Waals surface area contributed by atoms with Crippen molar-refractivity contribution in [2.24, 2.45) is 5.41 Å². The molecule has 1 aromatic rings. The zero-order chi connectivity index (χ0) is 14.4. The van der Waals surface area contributed by atoms with Crippen molar-refractivity contribution < 1.29 is 0 Å². The van der Waals surface area contributed by atoms with Gasteiger partial charge in [0.1, 0.15) is 0 Å². The molecule has 0 bridgehead atoms. The van der Waals surface area contributed by atoms with E-state index in [9.17, 15) is 0 Å². The van der Waals surface area contributed by atoms with Crippen LogP contribution >= 0.6 is 0 Å². The lowest BCUT2D eigenvalue weighted by molar-refractivity contribution is 0.185. The third-order valence-corrected chi connectivity index (χ3v) is 5.20. The van der Waals surface area contributed by atoms with Gasteiger partial charge in [0.05, 0.1) is 0 Å². The van der Waals surface area contributed by atoms with E-state index in [2.05, 4.69) is 43.2 Å². The number of aromatic nitrogens is 1. The first-order valence-corrected chi connectivity index (χ1v) is 8.41. The molecule has 0 saturated heterocycles. The lowest BCUT2D eigenvalue weighted by Crippen LogP contribution is -2.45. The summed E-state index contributed by atoms with van der Waals surface area (Å²) >= 11 is 0. The second kappa shape index (κ2) is 7.21. The topological polar surface area (TPSA) is 24.9 Å². The molecule has 2 rings (SSSR count). The summed E-state index contributed by atoms with van der Waals surface area (Å²) in [5.41, 5.74) is 3.08. The van der Waals surface area contributed by atoms with Crippen molar-refractivity contribution in [3.8, 4) is 0 Å². The monoisotopic (exact) mass is 274 g/mol. The highest BCUT2D eigenvalue weighted by molar-refractivity contribution is 5.15. The van der Waals surface area contributed by atoms with Crippen molar-refractivity contribution in [1.29, 1.82) is 0 Å². The summed E-state index contributed by atoms with van der Waals surface area (Å²) in [7, 11) is 0. The quantitative estimate of drug-likeness (QED) is 0.808. The number of likely N-dealkylation sites (N-methyl/N-ethyl adjacent to an activating group) is 1. The Morgan fingerprint density at radius 2 is 1.95 bits per heavy atom. The maximum Gasteiger partial charge on any atom is 0.0419 e. The minimum absolute atomic E-state index is 0.501. The number of hydrogen-bond acceptors (Lipinski definition) is 2. The molecule has 1 aliphatic carbocycles. The van der Waals surface area contributed by atoms with Crippen LogP contribution in [-0.2, 0) is 12.8 Å². The molecule has 1 aliphatic rings. The summed E-state index contributed by atoms with van der Waals surface area (Å²) in [6.45, 7) is 7.82. The first-order valence-electron chi connectivity index (χ1n) is 8.41. The fraction of sp³-hybridized carbons (Fsp3) is 0.722. The van der Waals surface area contributed by atoms with Crippen LogP contribution < -0.4 is 5.32 Å². The molecule has 1 fully saturated rings. The molecule has 20 heavy (non-hydrogen) atoms. The van der Waals surface area contributed by atoms with Gasteiger partial charge in [-0.05, 0) is 49.3 Å². The van der Waals surface area contributed by atoms with Gasteiger partial charge in [0.15, 0.2) is 0 Å². The molecule has 1 aromatic heterocycles. The van der Waals surface area contributed by atoms with Crippen LogP contribution in [0.25, 0.3) is 0 Å². The zero-order valence-electron chi connectivity index (χ0n) is 13.4. The highest BCUT2D eigenvalue weighted by atomic mass is 14.9. The van der Waals surface area contributed by atoms with E-state index in [1.54, 1.807) is 0 Å². The summed E-state index contributed by atoms with van der Waals surface area (Å²) in [4.78, 5) is 4.67. The fourth-order valence-corrected chi connectivity index (χ4v) is 3.77. The molecule has 1 heterocycles. The van der Waals surface area contributed by atoms with Gasteiger partial charge in [-0.3, -0.25) is 4.98 Å². The zero-order valence-corrected chi connectivity index (χ0v) is 13.4. The Labute approximate surface area is 124 Å². The van der Waals surface area contributed by atoms with Gasteiger partial charge in [-0.15, -0.1) is 0 Å². The largest absolute Gasteiger partial charge is 0.313 e. The standard InChI is InChI=1S/C18H30N2/c1-4-15-9-10-16(20-14-15)13-17(19-6-3)18(5-2)11-7-8-12-18/h9-10,14,17,19H,4-8,11-13H2,1-3H3. The van der Waals surface area contributed by atoms with Crippen molar-refractivity contribution in [3.63, 3.8) is 0 Å². The van der Waals surface area contributed by atoms with Gasteiger partial charge in [-0.2, -0.15) is 0 Å². The van der Waals surface area contributed by atoms with Gasteiger partial charge in [-0.1, -0.05) is 39.7 Å². The maximum absolute atomic E-state index is 4.67. The Balaban J connectivity index is 2.11. The van der Waals surface area contributed by atoms with Crippen molar-refractivity contribution >= 4 is 0 Å². The van der Waals surface area contributed by atoms with E-state index in [1.165, 1.54) is 43.4 Å². The maximum atomic E-state index is 4.67. The molecular weight excluding hydrogens is 244 g/mol. The van der Waals surface area contributed by atoms with Crippen LogP contribution in [0.3, 0.4) is 0 Å². The summed E-state index contributed by atoms with van der Waals surface area (Å²) in [6.07, 6.45) is 11.1. The Hall–Kier alpha value is -0.890. The molecule has 0 aliphatic heterocycles. The van der Waals surface area contributed by atoms with Gasteiger partial charge in [0.25, 0.3) is 0 Å². The number of hydrogen-bond donors (Lipinski definition) is 1. The molecule has 2 heteroatoms. The number of pyridine rings is 1. The average molecular weight is 274 g/mol. The van der Waals surface area contributed by atoms with E-state index in [-0.39, 0.29) is 0 Å². The molecule has 1 unspecified atom stereocenters. The minimum atomic E-state index is 0.501. The Morgan fingerprint density at radius 1 is 1.20 bits per heavy atom. The molecule has 112 valence electrons. The van der Waals surface area contributed by atoms with Gasteiger partial charge >= 0.3 is 0 Å². The summed E-state index contributed by atoms with van der Waals surface area (Å²) in [5.74, 6) is 0. The second-order valence-electron chi connectivity index (χ2n) is 6.25. The number of nitrogens with zero attached hydrogens (tertiary/aromatic N) is 1. The average Bonchev–Trinajstić information content (AvgIpc) is 2.98. The molecule has 0 aromatic carbocycles. The summed E-state index contributed by atoms with van der Waals surface area (Å²) in [6, 6.07) is 5.04. The van der Waals surface area contributed by atoms with E-state index in [0.717, 1.165) is 19.4 Å². The van der Waals surface area contributed by atoms with E-state index in [0.29, 0.717) is 11.5 Å². The third-order valence-electron chi connectivity index (χ3n) is 5.20. The van der Waals surface area contributed by atoms with Gasteiger partial charge in [0.2, 0.25) is 0 Å². The van der Waals surface area contributed by atoms with Crippen molar-refractivity contribution in [1.82, 2.24) is 10.3 Å². The summed E-state index contributed by atoms with van der Waals surface area (Å²) < 4.78 is 0. The highest BCUT2D eigenvalue weighted by Crippen LogP contribution is 2.44. The van der Waals surface area contributed by atoms with Gasteiger partial charge in [0, 0.05) is 24.4 Å². The Kier molecular flexibility index (Phi) is 5.59. The van der Waals surface area contributed by atoms with Crippen molar-refractivity contribution in [3.05, 3.63) is 29.6 Å². The Bertz CT molecular complexity index is 390. The van der Waals surface area contributed by atoms with E-state index in [4.69, 9.17) is 0 Å². The van der Waals surface area contributed by atoms with Crippen LogP contribution in [0.4, 0.5) is 0 Å². The SMILES string of the molecule is CCNC(Cc1ccc(CC)cn1)C1(CC)CCCC1. The van der Waals surface area contributed by atoms with Crippen LogP contribution in [0.5, 0.6) is 0 Å². The van der Waals surface area contributed by atoms with E-state index < -0.39 is 0 Å². The minimum Gasteiger partial charge on any atom is -0.313 e. The first kappa shape index (κ1) is 15.5. The van der Waals surface area contributed by atoms with Crippen molar-refractivity contribution in [2.45, 2.75) is 71.8 Å². The van der Waals surface area contributed by atoms with Crippen LogP contribution in [0.1, 0.15) is 64.1 Å². The molecule has 1 atom stereocenters. The smallest absolute Gasteiger partial charge is 0.0419 e. The van der Waals surface area contributed by atoms with Crippen molar-refractivity contribution in [2.75, 3.05) is 6.54 Å². The second-order valence-corrected chi connectivity index (χ2v) is 6.25. The molecule has 1 saturated carbocycles. The molecule has 0 radical (unpaired) electrons. The van der Waals surface area contributed by atoms with Crippen LogP contribution in [-0.4, -0.2) is 17.6 Å². The third kappa shape index (κ3) is 3.41. The molecule has 2 nitrogen and oxygen atoms in total. The number of nitrogens with one attached hydrogen (secondary N) is 1. The predicted octanol–water partition coefficient (Wildman–Crippen LogP) is 4.14. The predicted molar refractivity (Wildman–Crippen MR) is 86.0 cm³/mol. The normalized spacial score (nSPS) is 19.1. The van der Waals surface area contributed by atoms with E-state index in [1.807, 2.05) is 6.20 Å². The molecule has 1 N–H and O–H groups in total. The van der Waals surface area contributed by atoms with E-state index >= 15 is 0 Å². The first-order chi connectivity index (χ1) is 9.74. The fourth-order valence-electron chi connectivity index (χ4n) is 3.77. The lowest BCUT2D eigenvalue weighted by atomic mass is 9.74. The molecule has 0 spiro atoms. The molecular formula is C18H30N2. The Morgan fingerprint density at radius 3 is 2.45 bits per heavy atom. The van der Waals surface area contributed by atoms with Crippen LogP contribution in [0.2, 0.25) is 0 Å². The van der Waals surface area contributed by atoms with Gasteiger partial charge in [-0.25, -0.2) is 0 Å². The van der Waals surface area contributed by atoms with Crippen LogP contribution in [0, 0.1) is 5.41 Å².